The monoisotopic (exact) mass is 206 g/mol. The number of hydrogen-bond acceptors (Lipinski definition) is 3. The zero-order valence-corrected chi connectivity index (χ0v) is 8.92. The van der Waals surface area contributed by atoms with Crippen molar-refractivity contribution < 1.29 is 0 Å². The molecule has 1 aliphatic rings. The summed E-state index contributed by atoms with van der Waals surface area (Å²) in [6.45, 7) is 1.98. The zero-order chi connectivity index (χ0) is 10.2. The molecule has 2 unspecified atom stereocenters. The maximum atomic E-state index is 6.02. The van der Waals surface area contributed by atoms with E-state index in [0.717, 1.165) is 5.57 Å². The van der Waals surface area contributed by atoms with Crippen LogP contribution in [0.2, 0.25) is 0 Å². The van der Waals surface area contributed by atoms with E-state index in [1.807, 2.05) is 31.2 Å². The van der Waals surface area contributed by atoms with Crippen molar-refractivity contribution in [2.75, 3.05) is 0 Å². The van der Waals surface area contributed by atoms with Crippen LogP contribution in [0.25, 0.3) is 5.57 Å². The van der Waals surface area contributed by atoms with E-state index in [9.17, 15) is 0 Å². The van der Waals surface area contributed by atoms with E-state index in [-0.39, 0.29) is 11.6 Å². The summed E-state index contributed by atoms with van der Waals surface area (Å²) in [6, 6.07) is 4.08. The van der Waals surface area contributed by atoms with Crippen LogP contribution in [0.1, 0.15) is 11.8 Å². The van der Waals surface area contributed by atoms with E-state index in [2.05, 4.69) is 11.4 Å². The van der Waals surface area contributed by atoms with Crippen LogP contribution in [-0.2, 0) is 0 Å². The molecule has 2 atom stereocenters. The molecule has 4 N–H and O–H groups in total. The highest BCUT2D eigenvalue weighted by Crippen LogP contribution is 2.28. The van der Waals surface area contributed by atoms with Crippen molar-refractivity contribution in [1.29, 1.82) is 0 Å². The van der Waals surface area contributed by atoms with E-state index >= 15 is 0 Å². The Morgan fingerprint density at radius 1 is 1.50 bits per heavy atom. The molecular formula is C11H14N2S. The maximum absolute atomic E-state index is 6.02. The Morgan fingerprint density at radius 2 is 2.29 bits per heavy atom. The minimum absolute atomic E-state index is 0.0229. The Hall–Kier alpha value is -0.900. The topological polar surface area (TPSA) is 52.0 Å². The van der Waals surface area contributed by atoms with Crippen LogP contribution in [0, 0.1) is 0 Å². The van der Waals surface area contributed by atoms with Crippen molar-refractivity contribution in [3.63, 3.8) is 0 Å². The molecule has 1 aliphatic carbocycles. The van der Waals surface area contributed by atoms with Gasteiger partial charge in [0.25, 0.3) is 0 Å². The summed E-state index contributed by atoms with van der Waals surface area (Å²) in [7, 11) is 0. The fourth-order valence-electron chi connectivity index (χ4n) is 1.57. The van der Waals surface area contributed by atoms with E-state index in [1.54, 1.807) is 11.3 Å². The Kier molecular flexibility index (Phi) is 2.31. The highest BCUT2D eigenvalue weighted by Gasteiger charge is 2.21. The van der Waals surface area contributed by atoms with Gasteiger partial charge in [-0.05, 0) is 23.9 Å². The SMILES string of the molecule is CC1(N)C=CC(N)C(c2cccs2)=C1. The molecule has 14 heavy (non-hydrogen) atoms. The van der Waals surface area contributed by atoms with Crippen molar-refractivity contribution in [2.45, 2.75) is 18.5 Å². The summed E-state index contributed by atoms with van der Waals surface area (Å²) in [5.74, 6) is 0. The predicted molar refractivity (Wildman–Crippen MR) is 62.0 cm³/mol. The molecule has 2 rings (SSSR count). The van der Waals surface area contributed by atoms with E-state index < -0.39 is 0 Å². The van der Waals surface area contributed by atoms with Gasteiger partial charge in [0.15, 0.2) is 0 Å². The number of thiophene rings is 1. The first-order valence-electron chi connectivity index (χ1n) is 4.59. The summed E-state index contributed by atoms with van der Waals surface area (Å²) >= 11 is 1.70. The van der Waals surface area contributed by atoms with Crippen LogP contribution in [0.3, 0.4) is 0 Å². The fourth-order valence-corrected chi connectivity index (χ4v) is 2.36. The molecule has 0 saturated carbocycles. The van der Waals surface area contributed by atoms with Gasteiger partial charge in [-0.15, -0.1) is 11.3 Å². The summed E-state index contributed by atoms with van der Waals surface area (Å²) in [6.07, 6.45) is 5.97. The van der Waals surface area contributed by atoms with Gasteiger partial charge in [-0.25, -0.2) is 0 Å². The van der Waals surface area contributed by atoms with Gasteiger partial charge in [-0.1, -0.05) is 24.3 Å². The van der Waals surface area contributed by atoms with Crippen molar-refractivity contribution in [3.05, 3.63) is 40.6 Å². The second-order valence-electron chi connectivity index (χ2n) is 3.83. The predicted octanol–water partition coefficient (Wildman–Crippen LogP) is 1.75. The largest absolute Gasteiger partial charge is 0.321 e. The van der Waals surface area contributed by atoms with Gasteiger partial charge in [0.2, 0.25) is 0 Å². The summed E-state index contributed by atoms with van der Waals surface area (Å²) in [4.78, 5) is 1.21. The van der Waals surface area contributed by atoms with E-state index in [0.29, 0.717) is 0 Å². The molecule has 3 heteroatoms. The zero-order valence-electron chi connectivity index (χ0n) is 8.10. The quantitative estimate of drug-likeness (QED) is 0.688. The van der Waals surface area contributed by atoms with Gasteiger partial charge in [0.1, 0.15) is 0 Å². The third-order valence-electron chi connectivity index (χ3n) is 2.29. The standard InChI is InChI=1S/C11H14N2S/c1-11(13)5-4-9(12)8(7-11)10-3-2-6-14-10/h2-7,9H,12-13H2,1H3. The minimum Gasteiger partial charge on any atom is -0.321 e. The molecule has 1 aromatic heterocycles. The summed E-state index contributed by atoms with van der Waals surface area (Å²) in [5, 5.41) is 2.05. The molecule has 1 heterocycles. The minimum atomic E-state index is -0.366. The average molecular weight is 206 g/mol. The first-order valence-corrected chi connectivity index (χ1v) is 5.47. The average Bonchev–Trinajstić information content (AvgIpc) is 2.62. The van der Waals surface area contributed by atoms with Gasteiger partial charge in [0.05, 0.1) is 5.54 Å². The van der Waals surface area contributed by atoms with Crippen LogP contribution < -0.4 is 11.5 Å². The molecule has 0 bridgehead atoms. The van der Waals surface area contributed by atoms with Crippen molar-refractivity contribution in [1.82, 2.24) is 0 Å². The molecule has 74 valence electrons. The Bertz CT molecular complexity index is 374. The Morgan fingerprint density at radius 3 is 2.93 bits per heavy atom. The van der Waals surface area contributed by atoms with Crippen molar-refractivity contribution in [3.8, 4) is 0 Å². The van der Waals surface area contributed by atoms with E-state index in [1.165, 1.54) is 4.88 Å². The first-order chi connectivity index (χ1) is 6.58. The van der Waals surface area contributed by atoms with Crippen molar-refractivity contribution in [2.24, 2.45) is 11.5 Å². The van der Waals surface area contributed by atoms with Crippen LogP contribution >= 0.6 is 11.3 Å². The van der Waals surface area contributed by atoms with E-state index in [4.69, 9.17) is 11.5 Å². The Labute approximate surface area is 87.9 Å². The van der Waals surface area contributed by atoms with Gasteiger partial charge < -0.3 is 11.5 Å². The third kappa shape index (κ3) is 1.80. The molecule has 0 spiro atoms. The van der Waals surface area contributed by atoms with Gasteiger partial charge in [-0.3, -0.25) is 0 Å². The smallest absolute Gasteiger partial charge is 0.0503 e. The number of hydrogen-bond donors (Lipinski definition) is 2. The van der Waals surface area contributed by atoms with Gasteiger partial charge in [0, 0.05) is 10.9 Å². The molecule has 0 aromatic carbocycles. The third-order valence-corrected chi connectivity index (χ3v) is 3.21. The molecule has 0 saturated heterocycles. The van der Waals surface area contributed by atoms with Gasteiger partial charge >= 0.3 is 0 Å². The van der Waals surface area contributed by atoms with Crippen LogP contribution in [0.15, 0.2) is 35.7 Å². The Balaban J connectivity index is 2.39. The molecular weight excluding hydrogens is 192 g/mol. The van der Waals surface area contributed by atoms with Crippen LogP contribution in [0.5, 0.6) is 0 Å². The van der Waals surface area contributed by atoms with Crippen LogP contribution in [0.4, 0.5) is 0 Å². The van der Waals surface area contributed by atoms with Crippen molar-refractivity contribution >= 4 is 16.9 Å². The van der Waals surface area contributed by atoms with Gasteiger partial charge in [-0.2, -0.15) is 0 Å². The molecule has 2 nitrogen and oxygen atoms in total. The van der Waals surface area contributed by atoms with Crippen LogP contribution in [-0.4, -0.2) is 11.6 Å². The lowest BCUT2D eigenvalue weighted by molar-refractivity contribution is 0.716. The molecule has 0 amide bonds. The summed E-state index contributed by atoms with van der Waals surface area (Å²) in [5.41, 5.74) is 12.8. The molecule has 0 aliphatic heterocycles. The normalized spacial score (nSPS) is 31.6. The number of rotatable bonds is 1. The summed E-state index contributed by atoms with van der Waals surface area (Å²) < 4.78 is 0. The molecule has 0 radical (unpaired) electrons. The first kappa shape index (κ1) is 9.65. The fraction of sp³-hybridized carbons (Fsp3) is 0.273. The molecule has 1 aromatic rings. The molecule has 0 fully saturated rings. The maximum Gasteiger partial charge on any atom is 0.0503 e. The second-order valence-corrected chi connectivity index (χ2v) is 4.78. The lowest BCUT2D eigenvalue weighted by Gasteiger charge is -2.25. The lowest BCUT2D eigenvalue weighted by atomic mass is 9.89. The highest BCUT2D eigenvalue weighted by molar-refractivity contribution is 7.11. The number of nitrogens with two attached hydrogens (primary N) is 2. The second kappa shape index (κ2) is 3.35. The highest BCUT2D eigenvalue weighted by atomic mass is 32.1. The lowest BCUT2D eigenvalue weighted by Crippen LogP contribution is -2.36.